The Kier molecular flexibility index (Phi) is 17.5. The molecule has 0 aromatic carbocycles. The van der Waals surface area contributed by atoms with Crippen LogP contribution in [0.2, 0.25) is 0 Å². The van der Waals surface area contributed by atoms with Crippen molar-refractivity contribution in [3.05, 3.63) is 0 Å². The fraction of sp³-hybridized carbons (Fsp3) is 1.00. The van der Waals surface area contributed by atoms with Crippen LogP contribution in [0.4, 0.5) is 0 Å². The summed E-state index contributed by atoms with van der Waals surface area (Å²) in [6.45, 7) is 1.51. The molecule has 4 nitrogen and oxygen atoms in total. The molecule has 0 radical (unpaired) electrons. The van der Waals surface area contributed by atoms with Crippen LogP contribution in [0.3, 0.4) is 0 Å². The van der Waals surface area contributed by atoms with Crippen molar-refractivity contribution in [1.82, 2.24) is 0 Å². The van der Waals surface area contributed by atoms with Gasteiger partial charge in [-0.1, -0.05) is 16.1 Å². The average molecular weight is 214 g/mol. The number of hydrogen-bond donors (Lipinski definition) is 0. The Balaban J connectivity index is -0.000000320. The van der Waals surface area contributed by atoms with Gasteiger partial charge in [0, 0.05) is 6.42 Å². The van der Waals surface area contributed by atoms with Crippen molar-refractivity contribution >= 4 is 16.1 Å². The predicted octanol–water partition coefficient (Wildman–Crippen LogP) is -6.06. The first-order valence-electron chi connectivity index (χ1n) is 2.36. The molecule has 0 heterocycles. The van der Waals surface area contributed by atoms with Gasteiger partial charge in [-0.05, 0) is 0 Å². The Morgan fingerprint density at radius 1 is 1.18 bits per heavy atom. The molecule has 8 heteroatoms. The van der Waals surface area contributed by atoms with Gasteiger partial charge >= 0.3 is 80.6 Å². The van der Waals surface area contributed by atoms with Crippen LogP contribution in [-0.4, -0.2) is 5.40 Å². The van der Waals surface area contributed by atoms with E-state index in [9.17, 15) is 18.9 Å². The number of hydrogen-bond acceptors (Lipinski definition) is 4. The van der Waals surface area contributed by atoms with Gasteiger partial charge in [0.05, 0.1) is 0 Å². The summed E-state index contributed by atoms with van der Waals surface area (Å²) >= 11 is 0. The van der Waals surface area contributed by atoms with E-state index in [4.69, 9.17) is 0 Å². The largest absolute Gasteiger partial charge is 1.00 e. The van der Waals surface area contributed by atoms with Gasteiger partial charge in [0.25, 0.3) is 0 Å². The minimum absolute atomic E-state index is 0. The molecule has 0 N–H and O–H groups in total. The Hall–Kier alpha value is 2.12. The Bertz CT molecular complexity index is 127. The molecule has 52 valence electrons. The molecular formula is C3H6Na2O4P2+2. The van der Waals surface area contributed by atoms with Gasteiger partial charge in [0.2, 0.25) is 0 Å². The first-order valence-corrected chi connectivity index (χ1v) is 4.86. The van der Waals surface area contributed by atoms with Gasteiger partial charge in [-0.25, -0.2) is 0 Å². The summed E-state index contributed by atoms with van der Waals surface area (Å²) < 4.78 is 20.1. The van der Waals surface area contributed by atoms with E-state index in [1.165, 1.54) is 6.92 Å². The van der Waals surface area contributed by atoms with Crippen LogP contribution < -0.4 is 68.9 Å². The van der Waals surface area contributed by atoms with Gasteiger partial charge < -0.3 is 9.79 Å². The van der Waals surface area contributed by atoms with Gasteiger partial charge in [0.15, 0.2) is 0 Å². The third kappa shape index (κ3) is 8.45. The second kappa shape index (κ2) is 10.2. The molecular weight excluding hydrogens is 208 g/mol. The maximum Gasteiger partial charge on any atom is 1.00 e. The molecule has 11 heavy (non-hydrogen) atoms. The van der Waals surface area contributed by atoms with Crippen LogP contribution in [0.25, 0.3) is 0 Å². The van der Waals surface area contributed by atoms with E-state index in [0.29, 0.717) is 0 Å². The first kappa shape index (κ1) is 18.8. The third-order valence-electron chi connectivity index (χ3n) is 0.852. The second-order valence-electron chi connectivity index (χ2n) is 1.46. The van der Waals surface area contributed by atoms with Crippen LogP contribution in [0.15, 0.2) is 0 Å². The van der Waals surface area contributed by atoms with E-state index in [1.807, 2.05) is 0 Å². The van der Waals surface area contributed by atoms with Gasteiger partial charge in [-0.2, -0.15) is 0 Å². The summed E-state index contributed by atoms with van der Waals surface area (Å²) in [6.07, 6.45) is 0.136. The van der Waals surface area contributed by atoms with Crippen molar-refractivity contribution in [3.8, 4) is 0 Å². The van der Waals surface area contributed by atoms with Gasteiger partial charge in [-0.15, -0.1) is 0 Å². The maximum atomic E-state index is 10.0. The Labute approximate surface area is 111 Å². The summed E-state index contributed by atoms with van der Waals surface area (Å²) in [5.41, 5.74) is 0. The SMILES string of the molecule is CCC([P+](=O)[O-])[P+](=O)[O-].[Na+].[Na+]. The standard InChI is InChI=1S/C3H6O4P2.2Na/c1-2-3(8(4)5)9(6)7;;/h3H,2H2,1H3;;/q;2*+1. The van der Waals surface area contributed by atoms with Crippen molar-refractivity contribution in [3.63, 3.8) is 0 Å². The molecule has 0 saturated heterocycles. The number of rotatable bonds is 3. The average Bonchev–Trinajstić information content (AvgIpc) is 1.64. The van der Waals surface area contributed by atoms with Crippen LogP contribution in [0, 0.1) is 0 Å². The quantitative estimate of drug-likeness (QED) is 0.346. The molecule has 0 rings (SSSR count). The van der Waals surface area contributed by atoms with Crippen molar-refractivity contribution < 1.29 is 78.0 Å². The first-order chi connectivity index (χ1) is 4.09. The normalized spacial score (nSPS) is 13.7. The molecule has 2 unspecified atom stereocenters. The van der Waals surface area contributed by atoms with Crippen LogP contribution in [-0.2, 0) is 9.13 Å². The predicted molar refractivity (Wildman–Crippen MR) is 29.3 cm³/mol. The fourth-order valence-electron chi connectivity index (χ4n) is 0.375. The molecule has 0 aromatic rings. The topological polar surface area (TPSA) is 80.3 Å². The van der Waals surface area contributed by atoms with E-state index >= 15 is 0 Å². The van der Waals surface area contributed by atoms with Crippen LogP contribution in [0.5, 0.6) is 0 Å². The van der Waals surface area contributed by atoms with Crippen molar-refractivity contribution in [2.75, 3.05) is 0 Å². The van der Waals surface area contributed by atoms with Gasteiger partial charge in [-0.3, -0.25) is 0 Å². The summed E-state index contributed by atoms with van der Waals surface area (Å²) in [4.78, 5) is 20.1. The molecule has 0 aliphatic heterocycles. The summed E-state index contributed by atoms with van der Waals surface area (Å²) in [6, 6.07) is 0. The summed E-state index contributed by atoms with van der Waals surface area (Å²) in [7, 11) is -5.60. The second-order valence-corrected chi connectivity index (χ2v) is 4.26. The molecule has 0 saturated carbocycles. The molecule has 0 aliphatic carbocycles. The zero-order valence-corrected chi connectivity index (χ0v) is 12.6. The van der Waals surface area contributed by atoms with Crippen LogP contribution >= 0.6 is 16.1 Å². The Morgan fingerprint density at radius 2 is 1.45 bits per heavy atom. The van der Waals surface area contributed by atoms with Crippen LogP contribution in [0.1, 0.15) is 13.3 Å². The molecule has 0 amide bonds. The monoisotopic (exact) mass is 214 g/mol. The zero-order valence-electron chi connectivity index (χ0n) is 6.81. The molecule has 0 aliphatic rings. The van der Waals surface area contributed by atoms with E-state index < -0.39 is 21.5 Å². The van der Waals surface area contributed by atoms with Crippen molar-refractivity contribution in [1.29, 1.82) is 0 Å². The zero-order chi connectivity index (χ0) is 7.44. The van der Waals surface area contributed by atoms with Crippen molar-refractivity contribution in [2.24, 2.45) is 0 Å². The minimum Gasteiger partial charge on any atom is -0.592 e. The smallest absolute Gasteiger partial charge is 0.592 e. The summed E-state index contributed by atoms with van der Waals surface area (Å²) in [5.74, 6) is 0. The third-order valence-corrected chi connectivity index (χ3v) is 3.69. The molecule has 2 atom stereocenters. The molecule has 0 bridgehead atoms. The summed E-state index contributed by atoms with van der Waals surface area (Å²) in [5, 5.41) is -1.17. The Morgan fingerprint density at radius 3 is 1.45 bits per heavy atom. The fourth-order valence-corrected chi connectivity index (χ4v) is 1.59. The van der Waals surface area contributed by atoms with E-state index in [0.717, 1.165) is 0 Å². The van der Waals surface area contributed by atoms with E-state index in [2.05, 4.69) is 0 Å². The van der Waals surface area contributed by atoms with E-state index in [1.54, 1.807) is 0 Å². The molecule has 0 spiro atoms. The van der Waals surface area contributed by atoms with Gasteiger partial charge in [0.1, 0.15) is 0 Å². The molecule has 0 fully saturated rings. The van der Waals surface area contributed by atoms with Crippen molar-refractivity contribution in [2.45, 2.75) is 18.7 Å². The van der Waals surface area contributed by atoms with E-state index in [-0.39, 0.29) is 65.5 Å². The minimum atomic E-state index is -2.80. The maximum absolute atomic E-state index is 10.0. The molecule has 0 aromatic heterocycles.